The van der Waals surface area contributed by atoms with E-state index in [2.05, 4.69) is 38.4 Å². The Morgan fingerprint density at radius 2 is 2.27 bits per heavy atom. The van der Waals surface area contributed by atoms with E-state index in [4.69, 9.17) is 0 Å². The van der Waals surface area contributed by atoms with Gasteiger partial charge in [0.25, 0.3) is 5.91 Å². The fourth-order valence-corrected chi connectivity index (χ4v) is 1.84. The van der Waals surface area contributed by atoms with E-state index in [0.717, 1.165) is 6.42 Å². The number of hydrogen-bond acceptors (Lipinski definition) is 3. The average molecular weight is 272 g/mol. The van der Waals surface area contributed by atoms with Gasteiger partial charge in [-0.25, -0.2) is 0 Å². The highest BCUT2D eigenvalue weighted by molar-refractivity contribution is 9.09. The number of rotatable bonds is 4. The lowest BCUT2D eigenvalue weighted by molar-refractivity contribution is 0.0938. The smallest absolute Gasteiger partial charge is 0.253 e. The summed E-state index contributed by atoms with van der Waals surface area (Å²) >= 11 is 3.45. The first-order chi connectivity index (χ1) is 7.09. The monoisotopic (exact) mass is 271 g/mol. The molecule has 0 fully saturated rings. The molecule has 0 aliphatic carbocycles. The molecule has 0 spiro atoms. The fourth-order valence-electron chi connectivity index (χ4n) is 1.28. The summed E-state index contributed by atoms with van der Waals surface area (Å²) in [6, 6.07) is 1.78. The molecule has 0 aliphatic rings. The second-order valence-corrected chi connectivity index (χ2v) is 5.09. The van der Waals surface area contributed by atoms with Crippen molar-refractivity contribution in [3.05, 3.63) is 24.0 Å². The van der Waals surface area contributed by atoms with E-state index in [1.807, 2.05) is 6.92 Å². The van der Waals surface area contributed by atoms with Crippen molar-refractivity contribution >= 4 is 21.8 Å². The van der Waals surface area contributed by atoms with Crippen molar-refractivity contribution in [2.75, 3.05) is 0 Å². The number of alkyl halides is 1. The zero-order chi connectivity index (χ0) is 11.3. The van der Waals surface area contributed by atoms with Crippen LogP contribution >= 0.6 is 15.9 Å². The van der Waals surface area contributed by atoms with Crippen LogP contribution in [0.25, 0.3) is 0 Å². The molecule has 0 radical (unpaired) electrons. The molecule has 2 atom stereocenters. The Kier molecular flexibility index (Phi) is 4.68. The topological polar surface area (TPSA) is 54.9 Å². The molecule has 15 heavy (non-hydrogen) atoms. The van der Waals surface area contributed by atoms with Gasteiger partial charge in [0.05, 0.1) is 18.0 Å². The minimum Gasteiger partial charge on any atom is -0.349 e. The van der Waals surface area contributed by atoms with E-state index in [1.54, 1.807) is 6.07 Å². The highest BCUT2D eigenvalue weighted by Gasteiger charge is 2.11. The normalized spacial score (nSPS) is 14.3. The Labute approximate surface area is 97.6 Å². The van der Waals surface area contributed by atoms with Crippen molar-refractivity contribution in [2.24, 2.45) is 0 Å². The summed E-state index contributed by atoms with van der Waals surface area (Å²) in [5.41, 5.74) is 0.541. The maximum absolute atomic E-state index is 11.6. The number of aromatic nitrogens is 2. The molecule has 5 heteroatoms. The van der Waals surface area contributed by atoms with Crippen molar-refractivity contribution in [1.82, 2.24) is 15.5 Å². The van der Waals surface area contributed by atoms with E-state index >= 15 is 0 Å². The molecule has 1 amide bonds. The largest absolute Gasteiger partial charge is 0.349 e. The van der Waals surface area contributed by atoms with Gasteiger partial charge >= 0.3 is 0 Å². The Morgan fingerprint density at radius 3 is 2.80 bits per heavy atom. The second-order valence-electron chi connectivity index (χ2n) is 3.52. The third-order valence-electron chi connectivity index (χ3n) is 1.90. The van der Waals surface area contributed by atoms with Crippen LogP contribution in [0.4, 0.5) is 0 Å². The van der Waals surface area contributed by atoms with Gasteiger partial charge in [-0.05, 0) is 19.4 Å². The summed E-state index contributed by atoms with van der Waals surface area (Å²) in [5.74, 6) is -0.106. The van der Waals surface area contributed by atoms with Crippen LogP contribution in [-0.4, -0.2) is 27.0 Å². The maximum atomic E-state index is 11.6. The molecule has 1 rings (SSSR count). The maximum Gasteiger partial charge on any atom is 0.253 e. The van der Waals surface area contributed by atoms with Gasteiger partial charge in [-0.15, -0.1) is 0 Å². The van der Waals surface area contributed by atoms with Crippen molar-refractivity contribution in [3.63, 3.8) is 0 Å². The van der Waals surface area contributed by atoms with E-state index in [9.17, 15) is 4.79 Å². The Morgan fingerprint density at radius 1 is 1.53 bits per heavy atom. The molecule has 2 unspecified atom stereocenters. The van der Waals surface area contributed by atoms with Crippen LogP contribution in [0.15, 0.2) is 18.5 Å². The first-order valence-corrected chi connectivity index (χ1v) is 5.72. The first kappa shape index (κ1) is 12.1. The summed E-state index contributed by atoms with van der Waals surface area (Å²) in [7, 11) is 0. The number of nitrogens with one attached hydrogen (secondary N) is 1. The summed E-state index contributed by atoms with van der Waals surface area (Å²) in [5, 5.41) is 10.2. The zero-order valence-electron chi connectivity index (χ0n) is 8.77. The number of halogens is 1. The fraction of sp³-hybridized carbons (Fsp3) is 0.500. The highest BCUT2D eigenvalue weighted by atomic mass is 79.9. The van der Waals surface area contributed by atoms with Crippen LogP contribution < -0.4 is 5.32 Å². The molecule has 0 bridgehead atoms. The van der Waals surface area contributed by atoms with Crippen LogP contribution in [0.1, 0.15) is 30.6 Å². The van der Waals surface area contributed by atoms with Crippen LogP contribution in [-0.2, 0) is 0 Å². The summed E-state index contributed by atoms with van der Waals surface area (Å²) < 4.78 is 0. The number of carbonyl (C=O) groups is 1. The van der Waals surface area contributed by atoms with Crippen LogP contribution in [0.2, 0.25) is 0 Å². The summed E-state index contributed by atoms with van der Waals surface area (Å²) in [6.07, 6.45) is 3.86. The van der Waals surface area contributed by atoms with E-state index < -0.39 is 0 Å². The van der Waals surface area contributed by atoms with Gasteiger partial charge in [-0.2, -0.15) is 10.2 Å². The molecule has 0 saturated carbocycles. The van der Waals surface area contributed by atoms with Crippen molar-refractivity contribution in [1.29, 1.82) is 0 Å². The van der Waals surface area contributed by atoms with E-state index in [1.165, 1.54) is 12.4 Å². The average Bonchev–Trinajstić information content (AvgIpc) is 2.17. The van der Waals surface area contributed by atoms with Gasteiger partial charge in [-0.1, -0.05) is 22.9 Å². The molecule has 82 valence electrons. The minimum absolute atomic E-state index is 0.106. The van der Waals surface area contributed by atoms with E-state index in [-0.39, 0.29) is 11.9 Å². The zero-order valence-corrected chi connectivity index (χ0v) is 10.4. The Bertz CT molecular complexity index is 316. The predicted octanol–water partition coefficient (Wildman–Crippen LogP) is 1.77. The van der Waals surface area contributed by atoms with E-state index in [0.29, 0.717) is 10.4 Å². The van der Waals surface area contributed by atoms with Gasteiger partial charge in [0.1, 0.15) is 0 Å². The van der Waals surface area contributed by atoms with Gasteiger partial charge < -0.3 is 5.32 Å². The van der Waals surface area contributed by atoms with Gasteiger partial charge in [0, 0.05) is 10.9 Å². The third kappa shape index (κ3) is 4.38. The number of hydrogen-bond donors (Lipinski definition) is 1. The number of amides is 1. The van der Waals surface area contributed by atoms with Crippen LogP contribution in [0.5, 0.6) is 0 Å². The third-order valence-corrected chi connectivity index (χ3v) is 2.28. The van der Waals surface area contributed by atoms with Crippen LogP contribution in [0.3, 0.4) is 0 Å². The van der Waals surface area contributed by atoms with Crippen molar-refractivity contribution in [2.45, 2.75) is 31.1 Å². The van der Waals surface area contributed by atoms with Gasteiger partial charge in [0.15, 0.2) is 0 Å². The molecule has 1 N–H and O–H groups in total. The first-order valence-electron chi connectivity index (χ1n) is 4.81. The lowest BCUT2D eigenvalue weighted by Gasteiger charge is -2.14. The molecule has 0 aliphatic heterocycles. The molecule has 1 heterocycles. The Balaban J connectivity index is 2.49. The number of nitrogens with zero attached hydrogens (tertiary/aromatic N) is 2. The summed E-state index contributed by atoms with van der Waals surface area (Å²) in [6.45, 7) is 4.03. The van der Waals surface area contributed by atoms with Crippen molar-refractivity contribution in [3.8, 4) is 0 Å². The second kappa shape index (κ2) is 5.80. The number of carbonyl (C=O) groups excluding carboxylic acids is 1. The molecule has 0 aromatic carbocycles. The molecule has 1 aromatic rings. The summed E-state index contributed by atoms with van der Waals surface area (Å²) in [4.78, 5) is 12.0. The molecule has 1 aromatic heterocycles. The lowest BCUT2D eigenvalue weighted by atomic mass is 10.2. The molecule has 4 nitrogen and oxygen atoms in total. The van der Waals surface area contributed by atoms with Gasteiger partial charge in [-0.3, -0.25) is 4.79 Å². The van der Waals surface area contributed by atoms with Crippen LogP contribution in [0, 0.1) is 0 Å². The minimum atomic E-state index is -0.106. The van der Waals surface area contributed by atoms with Gasteiger partial charge in [0.2, 0.25) is 0 Å². The predicted molar refractivity (Wildman–Crippen MR) is 62.0 cm³/mol. The molecule has 0 saturated heterocycles. The highest BCUT2D eigenvalue weighted by Crippen LogP contribution is 2.07. The quantitative estimate of drug-likeness (QED) is 0.850. The SMILES string of the molecule is CC(Br)CC(C)NC(=O)c1ccnnc1. The molecular weight excluding hydrogens is 258 g/mol. The Hall–Kier alpha value is -0.970. The lowest BCUT2D eigenvalue weighted by Crippen LogP contribution is -2.33. The molecular formula is C10H14BrN3O. The van der Waals surface area contributed by atoms with Crippen molar-refractivity contribution < 1.29 is 4.79 Å². The standard InChI is InChI=1S/C10H14BrN3O/c1-7(11)5-8(2)14-10(15)9-3-4-12-13-6-9/h3-4,6-8H,5H2,1-2H3,(H,14,15).